The van der Waals surface area contributed by atoms with Gasteiger partial charge in [0.25, 0.3) is 0 Å². The highest BCUT2D eigenvalue weighted by Crippen LogP contribution is 2.35. The van der Waals surface area contributed by atoms with Crippen molar-refractivity contribution in [2.24, 2.45) is 11.3 Å². The lowest BCUT2D eigenvalue weighted by molar-refractivity contribution is 0.0666. The molecule has 0 radical (unpaired) electrons. The fraction of sp³-hybridized carbons (Fsp3) is 1.00. The SMILES string of the molecule is CC(C)C1(CN2CCN(C3CC3)CC2)CCNC1. The van der Waals surface area contributed by atoms with Gasteiger partial charge in [-0.15, -0.1) is 0 Å². The monoisotopic (exact) mass is 251 g/mol. The van der Waals surface area contributed by atoms with Crippen molar-refractivity contribution < 1.29 is 0 Å². The molecule has 3 nitrogen and oxygen atoms in total. The van der Waals surface area contributed by atoms with Crippen LogP contribution in [0.3, 0.4) is 0 Å². The average Bonchev–Trinajstić information content (AvgIpc) is 3.10. The Morgan fingerprint density at radius 2 is 1.89 bits per heavy atom. The summed E-state index contributed by atoms with van der Waals surface area (Å²) in [6.07, 6.45) is 4.28. The Hall–Kier alpha value is -0.120. The first-order valence-corrected chi connectivity index (χ1v) is 7.87. The average molecular weight is 251 g/mol. The van der Waals surface area contributed by atoms with Crippen LogP contribution in [0.1, 0.15) is 33.1 Å². The van der Waals surface area contributed by atoms with Crippen molar-refractivity contribution in [2.45, 2.75) is 39.2 Å². The molecule has 0 aromatic carbocycles. The van der Waals surface area contributed by atoms with Crippen LogP contribution in [0.25, 0.3) is 0 Å². The number of hydrogen-bond donors (Lipinski definition) is 1. The molecule has 2 saturated heterocycles. The summed E-state index contributed by atoms with van der Waals surface area (Å²) in [4.78, 5) is 5.44. The van der Waals surface area contributed by atoms with Gasteiger partial charge in [0.2, 0.25) is 0 Å². The zero-order chi connectivity index (χ0) is 12.6. The number of nitrogens with zero attached hydrogens (tertiary/aromatic N) is 2. The maximum atomic E-state index is 3.58. The Kier molecular flexibility index (Phi) is 3.65. The predicted molar refractivity (Wildman–Crippen MR) is 75.8 cm³/mol. The molecule has 3 fully saturated rings. The van der Waals surface area contributed by atoms with Gasteiger partial charge in [-0.3, -0.25) is 4.90 Å². The van der Waals surface area contributed by atoms with Gasteiger partial charge < -0.3 is 10.2 Å². The Labute approximate surface area is 112 Å². The molecule has 2 aliphatic heterocycles. The molecule has 104 valence electrons. The highest BCUT2D eigenvalue weighted by molar-refractivity contribution is 4.94. The van der Waals surface area contributed by atoms with Crippen molar-refractivity contribution in [3.05, 3.63) is 0 Å². The minimum absolute atomic E-state index is 0.543. The number of nitrogens with one attached hydrogen (secondary N) is 1. The second-order valence-corrected chi connectivity index (χ2v) is 6.99. The lowest BCUT2D eigenvalue weighted by Gasteiger charge is -2.42. The van der Waals surface area contributed by atoms with Crippen LogP contribution in [-0.2, 0) is 0 Å². The molecule has 1 unspecified atom stereocenters. The molecular formula is C15H29N3. The van der Waals surface area contributed by atoms with Gasteiger partial charge in [-0.05, 0) is 37.1 Å². The molecule has 0 spiro atoms. The van der Waals surface area contributed by atoms with Gasteiger partial charge in [0, 0.05) is 45.3 Å². The van der Waals surface area contributed by atoms with E-state index < -0.39 is 0 Å². The fourth-order valence-electron chi connectivity index (χ4n) is 3.75. The van der Waals surface area contributed by atoms with Crippen molar-refractivity contribution in [3.63, 3.8) is 0 Å². The Morgan fingerprint density at radius 1 is 1.17 bits per heavy atom. The Bertz CT molecular complexity index is 271. The van der Waals surface area contributed by atoms with E-state index in [1.165, 1.54) is 65.1 Å². The number of rotatable bonds is 4. The third-order valence-corrected chi connectivity index (χ3v) is 5.51. The second-order valence-electron chi connectivity index (χ2n) is 6.99. The van der Waals surface area contributed by atoms with Crippen molar-refractivity contribution >= 4 is 0 Å². The van der Waals surface area contributed by atoms with E-state index in [4.69, 9.17) is 0 Å². The van der Waals surface area contributed by atoms with Crippen LogP contribution in [0.4, 0.5) is 0 Å². The van der Waals surface area contributed by atoms with Crippen molar-refractivity contribution in [3.8, 4) is 0 Å². The van der Waals surface area contributed by atoms with E-state index in [0.717, 1.165) is 12.0 Å². The first kappa shape index (κ1) is 12.9. The fourth-order valence-corrected chi connectivity index (χ4v) is 3.75. The molecule has 3 heteroatoms. The first-order chi connectivity index (χ1) is 8.70. The summed E-state index contributed by atoms with van der Waals surface area (Å²) in [5.41, 5.74) is 0.543. The van der Waals surface area contributed by atoms with E-state index in [-0.39, 0.29) is 0 Å². The summed E-state index contributed by atoms with van der Waals surface area (Å²) in [6.45, 7) is 13.8. The molecule has 0 aromatic rings. The highest BCUT2D eigenvalue weighted by atomic mass is 15.3. The molecule has 3 rings (SSSR count). The molecule has 1 N–H and O–H groups in total. The summed E-state index contributed by atoms with van der Waals surface area (Å²) in [6, 6.07) is 0.958. The summed E-state index contributed by atoms with van der Waals surface area (Å²) in [5, 5.41) is 3.58. The van der Waals surface area contributed by atoms with Crippen LogP contribution in [0.5, 0.6) is 0 Å². The van der Waals surface area contributed by atoms with E-state index in [1.807, 2.05) is 0 Å². The van der Waals surface area contributed by atoms with Crippen LogP contribution < -0.4 is 5.32 Å². The van der Waals surface area contributed by atoms with E-state index in [2.05, 4.69) is 29.0 Å². The summed E-state index contributed by atoms with van der Waals surface area (Å²) in [5.74, 6) is 0.800. The molecule has 0 bridgehead atoms. The van der Waals surface area contributed by atoms with Gasteiger partial charge in [0.05, 0.1) is 0 Å². The van der Waals surface area contributed by atoms with E-state index in [0.29, 0.717) is 5.41 Å². The van der Waals surface area contributed by atoms with Crippen LogP contribution >= 0.6 is 0 Å². The van der Waals surface area contributed by atoms with E-state index in [9.17, 15) is 0 Å². The van der Waals surface area contributed by atoms with E-state index >= 15 is 0 Å². The molecule has 1 aliphatic carbocycles. The van der Waals surface area contributed by atoms with Crippen molar-refractivity contribution in [2.75, 3.05) is 45.8 Å². The smallest absolute Gasteiger partial charge is 0.0113 e. The standard InChI is InChI=1S/C15H29N3/c1-13(2)15(5-6-16-11-15)12-17-7-9-18(10-8-17)14-3-4-14/h13-14,16H,3-12H2,1-2H3. The van der Waals surface area contributed by atoms with Crippen LogP contribution in [0.15, 0.2) is 0 Å². The number of piperazine rings is 1. The zero-order valence-corrected chi connectivity index (χ0v) is 12.1. The molecular weight excluding hydrogens is 222 g/mol. The molecule has 1 saturated carbocycles. The highest BCUT2D eigenvalue weighted by Gasteiger charge is 2.39. The third kappa shape index (κ3) is 2.59. The van der Waals surface area contributed by atoms with Crippen LogP contribution in [-0.4, -0.2) is 61.7 Å². The van der Waals surface area contributed by atoms with Gasteiger partial charge in [-0.25, -0.2) is 0 Å². The second kappa shape index (κ2) is 5.10. The topological polar surface area (TPSA) is 18.5 Å². The molecule has 18 heavy (non-hydrogen) atoms. The van der Waals surface area contributed by atoms with Gasteiger partial charge >= 0.3 is 0 Å². The third-order valence-electron chi connectivity index (χ3n) is 5.51. The van der Waals surface area contributed by atoms with Gasteiger partial charge in [0.15, 0.2) is 0 Å². The maximum absolute atomic E-state index is 3.58. The van der Waals surface area contributed by atoms with Crippen molar-refractivity contribution in [1.82, 2.24) is 15.1 Å². The van der Waals surface area contributed by atoms with Gasteiger partial charge in [-0.1, -0.05) is 13.8 Å². The summed E-state index contributed by atoms with van der Waals surface area (Å²) >= 11 is 0. The van der Waals surface area contributed by atoms with Crippen LogP contribution in [0.2, 0.25) is 0 Å². The quantitative estimate of drug-likeness (QED) is 0.815. The first-order valence-electron chi connectivity index (χ1n) is 7.87. The summed E-state index contributed by atoms with van der Waals surface area (Å²) < 4.78 is 0. The summed E-state index contributed by atoms with van der Waals surface area (Å²) in [7, 11) is 0. The molecule has 1 atom stereocenters. The number of hydrogen-bond acceptors (Lipinski definition) is 3. The normalized spacial score (nSPS) is 35.5. The minimum atomic E-state index is 0.543. The lowest BCUT2D eigenvalue weighted by Crippen LogP contribution is -2.51. The maximum Gasteiger partial charge on any atom is 0.0113 e. The Balaban J connectivity index is 1.52. The minimum Gasteiger partial charge on any atom is -0.316 e. The largest absolute Gasteiger partial charge is 0.316 e. The molecule has 2 heterocycles. The predicted octanol–water partition coefficient (Wildman–Crippen LogP) is 1.40. The van der Waals surface area contributed by atoms with Crippen LogP contribution in [0, 0.1) is 11.3 Å². The zero-order valence-electron chi connectivity index (χ0n) is 12.1. The van der Waals surface area contributed by atoms with Crippen molar-refractivity contribution in [1.29, 1.82) is 0 Å². The molecule has 0 amide bonds. The Morgan fingerprint density at radius 3 is 2.39 bits per heavy atom. The molecule has 3 aliphatic rings. The van der Waals surface area contributed by atoms with Gasteiger partial charge in [0.1, 0.15) is 0 Å². The van der Waals surface area contributed by atoms with E-state index in [1.54, 1.807) is 0 Å². The lowest BCUT2D eigenvalue weighted by atomic mass is 9.76. The van der Waals surface area contributed by atoms with Gasteiger partial charge in [-0.2, -0.15) is 0 Å². The molecule has 0 aromatic heterocycles.